The largest absolute Gasteiger partial charge is 0.467 e. The van der Waals surface area contributed by atoms with E-state index in [9.17, 15) is 8.78 Å². The number of furan rings is 1. The molecule has 0 amide bonds. The quantitative estimate of drug-likeness (QED) is 0.909. The van der Waals surface area contributed by atoms with Crippen LogP contribution < -0.4 is 10.6 Å². The first kappa shape index (κ1) is 12.6. The van der Waals surface area contributed by atoms with E-state index >= 15 is 0 Å². The maximum Gasteiger partial charge on any atom is 0.149 e. The van der Waals surface area contributed by atoms with Crippen LogP contribution >= 0.6 is 0 Å². The van der Waals surface area contributed by atoms with Gasteiger partial charge in [0.25, 0.3) is 0 Å². The summed E-state index contributed by atoms with van der Waals surface area (Å²) < 4.78 is 32.8. The van der Waals surface area contributed by atoms with E-state index in [1.165, 1.54) is 23.3 Å². The summed E-state index contributed by atoms with van der Waals surface area (Å²) in [5.74, 6) is -0.604. The minimum Gasteiger partial charge on any atom is -0.467 e. The molecule has 1 aromatic heterocycles. The lowest BCUT2D eigenvalue weighted by molar-refractivity contribution is 0.502. The Morgan fingerprint density at radius 2 is 1.94 bits per heavy atom. The lowest BCUT2D eigenvalue weighted by Gasteiger charge is -2.19. The van der Waals surface area contributed by atoms with Crippen molar-refractivity contribution >= 4 is 5.69 Å². The molecular weight excluding hydrogens is 238 g/mol. The van der Waals surface area contributed by atoms with Gasteiger partial charge in [-0.25, -0.2) is 8.78 Å². The Kier molecular flexibility index (Phi) is 3.62. The summed E-state index contributed by atoms with van der Waals surface area (Å²) in [4.78, 5) is 1.46. The van der Waals surface area contributed by atoms with E-state index in [-0.39, 0.29) is 12.2 Å². The van der Waals surface area contributed by atoms with Crippen LogP contribution in [-0.4, -0.2) is 7.05 Å². The van der Waals surface area contributed by atoms with E-state index in [4.69, 9.17) is 10.2 Å². The molecule has 0 unspecified atom stereocenters. The number of benzene rings is 1. The fraction of sp³-hybridized carbons (Fsp3) is 0.231. The van der Waals surface area contributed by atoms with Gasteiger partial charge in [0.15, 0.2) is 0 Å². The molecule has 1 heterocycles. The van der Waals surface area contributed by atoms with Crippen LogP contribution in [0.2, 0.25) is 0 Å². The highest BCUT2D eigenvalue weighted by Crippen LogP contribution is 2.25. The summed E-state index contributed by atoms with van der Waals surface area (Å²) in [5.41, 5.74) is 5.71. The van der Waals surface area contributed by atoms with Crippen LogP contribution in [0.5, 0.6) is 0 Å². The van der Waals surface area contributed by atoms with Gasteiger partial charge in [0.1, 0.15) is 23.1 Å². The molecule has 0 saturated heterocycles. The summed E-state index contributed by atoms with van der Waals surface area (Å²) in [6, 6.07) is 5.97. The number of hydrogen-bond acceptors (Lipinski definition) is 3. The summed E-state index contributed by atoms with van der Waals surface area (Å²) in [7, 11) is 1.60. The van der Waals surface area contributed by atoms with Crippen molar-refractivity contribution in [2.45, 2.75) is 13.1 Å². The standard InChI is InChI=1S/C13H14F2N2O/c1-17(8-10-3-2-4-18-10)13-11(14)5-9(7-16)6-12(13)15/h2-6H,7-8,16H2,1H3. The van der Waals surface area contributed by atoms with Gasteiger partial charge in [0.2, 0.25) is 0 Å². The van der Waals surface area contributed by atoms with Gasteiger partial charge in [-0.05, 0) is 29.8 Å². The number of nitrogens with two attached hydrogens (primary N) is 1. The van der Waals surface area contributed by atoms with Gasteiger partial charge in [-0.1, -0.05) is 0 Å². The van der Waals surface area contributed by atoms with Crippen molar-refractivity contribution in [1.29, 1.82) is 0 Å². The second-order valence-electron chi connectivity index (χ2n) is 4.05. The van der Waals surface area contributed by atoms with Gasteiger partial charge in [0.05, 0.1) is 12.8 Å². The van der Waals surface area contributed by atoms with Gasteiger partial charge < -0.3 is 15.1 Å². The van der Waals surface area contributed by atoms with Gasteiger partial charge in [0, 0.05) is 13.6 Å². The van der Waals surface area contributed by atoms with Gasteiger partial charge >= 0.3 is 0 Å². The Morgan fingerprint density at radius 1 is 1.28 bits per heavy atom. The second kappa shape index (κ2) is 5.18. The Balaban J connectivity index is 2.27. The number of halogens is 2. The molecule has 1 aromatic carbocycles. The molecule has 2 rings (SSSR count). The van der Waals surface area contributed by atoms with Crippen LogP contribution in [0, 0.1) is 11.6 Å². The third-order valence-corrected chi connectivity index (χ3v) is 2.67. The van der Waals surface area contributed by atoms with E-state index in [0.29, 0.717) is 17.9 Å². The van der Waals surface area contributed by atoms with Crippen LogP contribution in [0.15, 0.2) is 34.9 Å². The van der Waals surface area contributed by atoms with Crippen molar-refractivity contribution in [2.75, 3.05) is 11.9 Å². The van der Waals surface area contributed by atoms with Crippen LogP contribution in [0.1, 0.15) is 11.3 Å². The molecule has 3 nitrogen and oxygen atoms in total. The molecule has 0 atom stereocenters. The molecule has 0 aliphatic carbocycles. The van der Waals surface area contributed by atoms with Crippen molar-refractivity contribution in [2.24, 2.45) is 5.73 Å². The van der Waals surface area contributed by atoms with E-state index in [1.54, 1.807) is 19.2 Å². The molecule has 0 saturated carbocycles. The van der Waals surface area contributed by atoms with Crippen LogP contribution in [0.3, 0.4) is 0 Å². The van der Waals surface area contributed by atoms with Gasteiger partial charge in [-0.2, -0.15) is 0 Å². The Morgan fingerprint density at radius 3 is 2.44 bits per heavy atom. The molecule has 2 N–H and O–H groups in total. The zero-order valence-corrected chi connectivity index (χ0v) is 9.99. The average molecular weight is 252 g/mol. The molecule has 0 spiro atoms. The first-order chi connectivity index (χ1) is 8.61. The topological polar surface area (TPSA) is 42.4 Å². The normalized spacial score (nSPS) is 10.7. The molecular formula is C13H14F2N2O. The molecule has 0 aliphatic heterocycles. The molecule has 0 radical (unpaired) electrons. The minimum atomic E-state index is -0.621. The summed E-state index contributed by atoms with van der Waals surface area (Å²) in [5, 5.41) is 0. The van der Waals surface area contributed by atoms with Crippen molar-refractivity contribution in [3.63, 3.8) is 0 Å². The summed E-state index contributed by atoms with van der Waals surface area (Å²) >= 11 is 0. The maximum absolute atomic E-state index is 13.8. The zero-order chi connectivity index (χ0) is 13.1. The van der Waals surface area contributed by atoms with Crippen LogP contribution in [0.4, 0.5) is 14.5 Å². The van der Waals surface area contributed by atoms with E-state index in [1.807, 2.05) is 0 Å². The first-order valence-electron chi connectivity index (χ1n) is 5.53. The number of rotatable bonds is 4. The third kappa shape index (κ3) is 2.51. The van der Waals surface area contributed by atoms with E-state index in [2.05, 4.69) is 0 Å². The molecule has 0 bridgehead atoms. The Labute approximate surface area is 104 Å². The smallest absolute Gasteiger partial charge is 0.149 e. The van der Waals surface area contributed by atoms with Crippen molar-refractivity contribution < 1.29 is 13.2 Å². The fourth-order valence-corrected chi connectivity index (χ4v) is 1.82. The van der Waals surface area contributed by atoms with E-state index < -0.39 is 11.6 Å². The van der Waals surface area contributed by atoms with Crippen LogP contribution in [-0.2, 0) is 13.1 Å². The molecule has 0 fully saturated rings. The van der Waals surface area contributed by atoms with Crippen molar-refractivity contribution in [1.82, 2.24) is 0 Å². The second-order valence-corrected chi connectivity index (χ2v) is 4.05. The highest BCUT2D eigenvalue weighted by atomic mass is 19.1. The number of hydrogen-bond donors (Lipinski definition) is 1. The monoisotopic (exact) mass is 252 g/mol. The molecule has 18 heavy (non-hydrogen) atoms. The lowest BCUT2D eigenvalue weighted by Crippen LogP contribution is -2.19. The highest BCUT2D eigenvalue weighted by molar-refractivity contribution is 5.50. The SMILES string of the molecule is CN(Cc1ccco1)c1c(F)cc(CN)cc1F. The maximum atomic E-state index is 13.8. The van der Waals surface area contributed by atoms with Gasteiger partial charge in [-0.3, -0.25) is 0 Å². The lowest BCUT2D eigenvalue weighted by atomic mass is 10.1. The average Bonchev–Trinajstić information content (AvgIpc) is 2.80. The van der Waals surface area contributed by atoms with E-state index in [0.717, 1.165) is 0 Å². The predicted molar refractivity (Wildman–Crippen MR) is 65.1 cm³/mol. The molecule has 0 aliphatic rings. The zero-order valence-electron chi connectivity index (χ0n) is 9.99. The molecule has 5 heteroatoms. The predicted octanol–water partition coefficient (Wildman–Crippen LogP) is 2.65. The van der Waals surface area contributed by atoms with Crippen molar-refractivity contribution in [3.05, 3.63) is 53.5 Å². The van der Waals surface area contributed by atoms with Crippen molar-refractivity contribution in [3.8, 4) is 0 Å². The number of nitrogens with zero attached hydrogens (tertiary/aromatic N) is 1. The Bertz CT molecular complexity index is 503. The number of anilines is 1. The van der Waals surface area contributed by atoms with Gasteiger partial charge in [-0.15, -0.1) is 0 Å². The third-order valence-electron chi connectivity index (χ3n) is 2.67. The Hall–Kier alpha value is -1.88. The fourth-order valence-electron chi connectivity index (χ4n) is 1.82. The first-order valence-corrected chi connectivity index (χ1v) is 5.53. The highest BCUT2D eigenvalue weighted by Gasteiger charge is 2.16. The summed E-state index contributed by atoms with van der Waals surface area (Å²) in [6.07, 6.45) is 1.52. The minimum absolute atomic E-state index is 0.0800. The summed E-state index contributed by atoms with van der Waals surface area (Å²) in [6.45, 7) is 0.402. The molecule has 96 valence electrons. The molecule has 2 aromatic rings. The van der Waals surface area contributed by atoms with Crippen LogP contribution in [0.25, 0.3) is 0 Å².